The molecule has 82 valence electrons. The van der Waals surface area contributed by atoms with Crippen LogP contribution in [0.1, 0.15) is 22.4 Å². The minimum Gasteiger partial charge on any atom is -0.268 e. The Labute approximate surface area is 94.2 Å². The lowest BCUT2D eigenvalue weighted by Gasteiger charge is -2.02. The van der Waals surface area contributed by atoms with Crippen molar-refractivity contribution in [2.24, 2.45) is 0 Å². The van der Waals surface area contributed by atoms with Crippen LogP contribution in [0, 0.1) is 13.8 Å². The van der Waals surface area contributed by atoms with Crippen molar-refractivity contribution in [1.29, 1.82) is 0 Å². The molecule has 0 unspecified atom stereocenters. The van der Waals surface area contributed by atoms with Gasteiger partial charge in [0, 0.05) is 12.0 Å². The van der Waals surface area contributed by atoms with Gasteiger partial charge in [0.15, 0.2) is 0 Å². The number of hydrogen-bond donors (Lipinski definition) is 1. The van der Waals surface area contributed by atoms with Crippen molar-refractivity contribution < 1.29 is 0 Å². The molecule has 0 atom stereocenters. The van der Waals surface area contributed by atoms with Gasteiger partial charge in [0.25, 0.3) is 5.56 Å². The summed E-state index contributed by atoms with van der Waals surface area (Å²) in [5.41, 5.74) is 3.85. The number of aromatic amines is 1. The molecule has 1 heterocycles. The van der Waals surface area contributed by atoms with E-state index in [9.17, 15) is 4.79 Å². The average molecular weight is 214 g/mol. The van der Waals surface area contributed by atoms with Crippen LogP contribution < -0.4 is 5.56 Å². The minimum absolute atomic E-state index is 0.105. The summed E-state index contributed by atoms with van der Waals surface area (Å²) in [5.74, 6) is 0. The van der Waals surface area contributed by atoms with E-state index in [1.54, 1.807) is 0 Å². The number of nitrogens with one attached hydrogen (secondary N) is 1. The molecule has 0 saturated carbocycles. The molecule has 0 aliphatic rings. The molecule has 0 spiro atoms. The number of aromatic nitrogens is 2. The van der Waals surface area contributed by atoms with E-state index in [0.717, 1.165) is 16.8 Å². The molecule has 0 saturated heterocycles. The summed E-state index contributed by atoms with van der Waals surface area (Å²) in [5, 5.41) is 6.36. The number of benzene rings is 1. The Hall–Kier alpha value is -1.90. The fourth-order valence-corrected chi connectivity index (χ4v) is 1.73. The van der Waals surface area contributed by atoms with Crippen LogP contribution >= 0.6 is 0 Å². The van der Waals surface area contributed by atoms with Crippen molar-refractivity contribution in [2.75, 3.05) is 0 Å². The predicted octanol–water partition coefficient (Wildman–Crippen LogP) is 1.98. The number of nitrogens with zero attached hydrogens (tertiary/aromatic N) is 1. The van der Waals surface area contributed by atoms with Gasteiger partial charge in [0.2, 0.25) is 0 Å². The zero-order chi connectivity index (χ0) is 11.5. The fourth-order valence-electron chi connectivity index (χ4n) is 1.73. The minimum atomic E-state index is -0.105. The molecule has 3 nitrogen and oxygen atoms in total. The predicted molar refractivity (Wildman–Crippen MR) is 63.6 cm³/mol. The summed E-state index contributed by atoms with van der Waals surface area (Å²) in [4.78, 5) is 11.5. The Morgan fingerprint density at radius 3 is 2.81 bits per heavy atom. The number of aryl methyl sites for hydroxylation is 2. The number of hydrogen-bond acceptors (Lipinski definition) is 2. The van der Waals surface area contributed by atoms with Gasteiger partial charge in [-0.1, -0.05) is 29.8 Å². The number of H-pyrrole nitrogens is 1. The highest BCUT2D eigenvalue weighted by atomic mass is 16.1. The smallest absolute Gasteiger partial charge is 0.267 e. The Kier molecular flexibility index (Phi) is 2.86. The molecule has 3 heteroatoms. The molecule has 1 aromatic heterocycles. The first-order chi connectivity index (χ1) is 7.65. The van der Waals surface area contributed by atoms with E-state index >= 15 is 0 Å². The monoisotopic (exact) mass is 214 g/mol. The summed E-state index contributed by atoms with van der Waals surface area (Å²) in [6.45, 7) is 3.92. The van der Waals surface area contributed by atoms with Crippen LogP contribution in [0.4, 0.5) is 0 Å². The molecule has 0 fully saturated rings. The Balaban J connectivity index is 2.34. The van der Waals surface area contributed by atoms with Crippen molar-refractivity contribution in [3.8, 4) is 0 Å². The van der Waals surface area contributed by atoms with E-state index in [2.05, 4.69) is 16.3 Å². The quantitative estimate of drug-likeness (QED) is 0.830. The van der Waals surface area contributed by atoms with Gasteiger partial charge in [-0.2, -0.15) is 5.10 Å². The molecule has 1 N–H and O–H groups in total. The van der Waals surface area contributed by atoms with E-state index in [1.807, 2.05) is 38.1 Å². The first-order valence-electron chi connectivity index (χ1n) is 5.26. The molecule has 0 aliphatic heterocycles. The molecular weight excluding hydrogens is 200 g/mol. The maximum Gasteiger partial charge on any atom is 0.267 e. The zero-order valence-corrected chi connectivity index (χ0v) is 9.45. The third-order valence-corrected chi connectivity index (χ3v) is 2.49. The molecule has 16 heavy (non-hydrogen) atoms. The molecular formula is C13H14N2O. The van der Waals surface area contributed by atoms with E-state index in [4.69, 9.17) is 0 Å². The lowest BCUT2D eigenvalue weighted by molar-refractivity contribution is 0.913. The van der Waals surface area contributed by atoms with E-state index in [-0.39, 0.29) is 5.56 Å². The van der Waals surface area contributed by atoms with Gasteiger partial charge < -0.3 is 0 Å². The second kappa shape index (κ2) is 4.31. The van der Waals surface area contributed by atoms with E-state index in [0.29, 0.717) is 6.42 Å². The molecule has 0 amide bonds. The van der Waals surface area contributed by atoms with Gasteiger partial charge in [-0.3, -0.25) is 4.79 Å². The summed E-state index contributed by atoms with van der Waals surface area (Å²) in [6, 6.07) is 10.0. The summed E-state index contributed by atoms with van der Waals surface area (Å²) >= 11 is 0. The molecule has 0 aliphatic carbocycles. The molecule has 2 rings (SSSR count). The van der Waals surface area contributed by atoms with Crippen LogP contribution in [-0.4, -0.2) is 10.2 Å². The van der Waals surface area contributed by atoms with Crippen LogP contribution in [0.15, 0.2) is 35.1 Å². The van der Waals surface area contributed by atoms with Crippen molar-refractivity contribution in [1.82, 2.24) is 10.2 Å². The highest BCUT2D eigenvalue weighted by Gasteiger charge is 2.02. The second-order valence-corrected chi connectivity index (χ2v) is 4.03. The van der Waals surface area contributed by atoms with Gasteiger partial charge in [0.1, 0.15) is 0 Å². The third-order valence-electron chi connectivity index (χ3n) is 2.49. The summed E-state index contributed by atoms with van der Waals surface area (Å²) in [7, 11) is 0. The van der Waals surface area contributed by atoms with E-state index in [1.165, 1.54) is 5.56 Å². The highest BCUT2D eigenvalue weighted by molar-refractivity contribution is 5.28. The van der Waals surface area contributed by atoms with Crippen molar-refractivity contribution in [3.63, 3.8) is 0 Å². The Morgan fingerprint density at radius 1 is 1.25 bits per heavy atom. The van der Waals surface area contributed by atoms with Crippen molar-refractivity contribution in [3.05, 3.63) is 63.1 Å². The van der Waals surface area contributed by atoms with Gasteiger partial charge in [-0.25, -0.2) is 5.10 Å². The van der Waals surface area contributed by atoms with Crippen LogP contribution in [0.3, 0.4) is 0 Å². The SMILES string of the molecule is Cc1cccc(Cc2cc(C)n[nH]c2=O)c1. The molecule has 0 radical (unpaired) electrons. The lowest BCUT2D eigenvalue weighted by Crippen LogP contribution is -2.15. The lowest BCUT2D eigenvalue weighted by atomic mass is 10.0. The largest absolute Gasteiger partial charge is 0.268 e. The third kappa shape index (κ3) is 2.37. The summed E-state index contributed by atoms with van der Waals surface area (Å²) < 4.78 is 0. The maximum absolute atomic E-state index is 11.5. The first-order valence-corrected chi connectivity index (χ1v) is 5.26. The highest BCUT2D eigenvalue weighted by Crippen LogP contribution is 2.08. The average Bonchev–Trinajstić information content (AvgIpc) is 2.24. The normalized spacial score (nSPS) is 10.4. The summed E-state index contributed by atoms with van der Waals surface area (Å²) in [6.07, 6.45) is 0.653. The second-order valence-electron chi connectivity index (χ2n) is 4.03. The van der Waals surface area contributed by atoms with Crippen LogP contribution in [-0.2, 0) is 6.42 Å². The zero-order valence-electron chi connectivity index (χ0n) is 9.45. The van der Waals surface area contributed by atoms with Gasteiger partial charge in [-0.15, -0.1) is 0 Å². The van der Waals surface area contributed by atoms with Gasteiger partial charge in [0.05, 0.1) is 5.69 Å². The Bertz CT molecular complexity index is 558. The molecule has 1 aromatic carbocycles. The van der Waals surface area contributed by atoms with Crippen LogP contribution in [0.25, 0.3) is 0 Å². The first kappa shape index (κ1) is 10.6. The topological polar surface area (TPSA) is 45.8 Å². The van der Waals surface area contributed by atoms with Gasteiger partial charge >= 0.3 is 0 Å². The standard InChI is InChI=1S/C13H14N2O/c1-9-4-3-5-11(6-9)8-12-7-10(2)14-15-13(12)16/h3-7H,8H2,1-2H3,(H,15,16). The fraction of sp³-hybridized carbons (Fsp3) is 0.231. The van der Waals surface area contributed by atoms with E-state index < -0.39 is 0 Å². The molecule has 0 bridgehead atoms. The van der Waals surface area contributed by atoms with Crippen molar-refractivity contribution in [2.45, 2.75) is 20.3 Å². The maximum atomic E-state index is 11.5. The molecule has 2 aromatic rings. The van der Waals surface area contributed by atoms with Crippen molar-refractivity contribution >= 4 is 0 Å². The van der Waals surface area contributed by atoms with Crippen LogP contribution in [0.5, 0.6) is 0 Å². The number of rotatable bonds is 2. The van der Waals surface area contributed by atoms with Gasteiger partial charge in [-0.05, 0) is 25.5 Å². The van der Waals surface area contributed by atoms with Crippen LogP contribution in [0.2, 0.25) is 0 Å². The Morgan fingerprint density at radius 2 is 2.06 bits per heavy atom.